The summed E-state index contributed by atoms with van der Waals surface area (Å²) in [6, 6.07) is 6.09. The van der Waals surface area contributed by atoms with Crippen molar-refractivity contribution in [2.75, 3.05) is 44.2 Å². The van der Waals surface area contributed by atoms with E-state index in [0.29, 0.717) is 13.2 Å². The number of hydrogen-bond donors (Lipinski definition) is 1. The monoisotopic (exact) mass is 347 g/mol. The van der Waals surface area contributed by atoms with Crippen LogP contribution in [0.3, 0.4) is 0 Å². The molecule has 2 heterocycles. The highest BCUT2D eigenvalue weighted by Gasteiger charge is 2.21. The topological polar surface area (TPSA) is 48.8 Å². The molecule has 2 aromatic rings. The summed E-state index contributed by atoms with van der Waals surface area (Å²) >= 11 is 1.68. The first-order valence-corrected chi connectivity index (χ1v) is 9.25. The summed E-state index contributed by atoms with van der Waals surface area (Å²) in [5.74, 6) is 0.894. The van der Waals surface area contributed by atoms with Gasteiger partial charge in [0, 0.05) is 44.3 Å². The number of para-hydroxylation sites is 1. The summed E-state index contributed by atoms with van der Waals surface area (Å²) < 4.78 is 5.86. The highest BCUT2D eigenvalue weighted by molar-refractivity contribution is 7.13. The van der Waals surface area contributed by atoms with Crippen LogP contribution >= 0.6 is 11.3 Å². The van der Waals surface area contributed by atoms with Crippen molar-refractivity contribution in [2.45, 2.75) is 20.0 Å². The number of anilines is 1. The fourth-order valence-electron chi connectivity index (χ4n) is 3.05. The van der Waals surface area contributed by atoms with Crippen molar-refractivity contribution < 1.29 is 9.84 Å². The Labute approximate surface area is 147 Å². The van der Waals surface area contributed by atoms with Gasteiger partial charge in [-0.2, -0.15) is 0 Å². The standard InChI is InChI=1S/C18H25N3O2S/c1-14-4-3-5-15(2)17(14)23-13-16(22)12-20-7-9-21(10-8-20)18-19-6-11-24-18/h3-6,11,16,22H,7-10,12-13H2,1-2H3/t16-/m0/s1. The maximum atomic E-state index is 10.3. The Bertz CT molecular complexity index is 619. The number of aliphatic hydroxyl groups is 1. The van der Waals surface area contributed by atoms with Gasteiger partial charge < -0.3 is 14.7 Å². The second kappa shape index (κ2) is 7.96. The number of β-amino-alcohol motifs (C(OH)–C–C–N with tert-alkyl or cyclic N) is 1. The molecule has 1 fully saturated rings. The highest BCUT2D eigenvalue weighted by atomic mass is 32.1. The molecule has 1 aromatic carbocycles. The molecule has 1 atom stereocenters. The smallest absolute Gasteiger partial charge is 0.185 e. The predicted molar refractivity (Wildman–Crippen MR) is 98.2 cm³/mol. The summed E-state index contributed by atoms with van der Waals surface area (Å²) in [6.07, 6.45) is 1.37. The number of hydrogen-bond acceptors (Lipinski definition) is 6. The predicted octanol–water partition coefficient (Wildman–Crippen LogP) is 2.32. The lowest BCUT2D eigenvalue weighted by atomic mass is 10.1. The Balaban J connectivity index is 1.44. The van der Waals surface area contributed by atoms with Crippen LogP contribution in [-0.4, -0.2) is 60.4 Å². The van der Waals surface area contributed by atoms with Crippen LogP contribution in [0.5, 0.6) is 5.75 Å². The van der Waals surface area contributed by atoms with Crippen LogP contribution in [-0.2, 0) is 0 Å². The normalized spacial score (nSPS) is 17.0. The zero-order valence-corrected chi connectivity index (χ0v) is 15.1. The molecule has 0 radical (unpaired) electrons. The summed E-state index contributed by atoms with van der Waals surface area (Å²) in [6.45, 7) is 8.85. The van der Waals surface area contributed by atoms with Crippen LogP contribution in [0.4, 0.5) is 5.13 Å². The van der Waals surface area contributed by atoms with Gasteiger partial charge in [0.15, 0.2) is 5.13 Å². The molecule has 3 rings (SSSR count). The molecule has 1 aliphatic rings. The van der Waals surface area contributed by atoms with Gasteiger partial charge in [0.05, 0.1) is 0 Å². The molecule has 0 unspecified atom stereocenters. The van der Waals surface area contributed by atoms with Crippen LogP contribution in [0.25, 0.3) is 0 Å². The first kappa shape index (κ1) is 17.2. The maximum Gasteiger partial charge on any atom is 0.185 e. The molecule has 1 aromatic heterocycles. The lowest BCUT2D eigenvalue weighted by Crippen LogP contribution is -2.49. The van der Waals surface area contributed by atoms with E-state index in [-0.39, 0.29) is 0 Å². The van der Waals surface area contributed by atoms with E-state index in [9.17, 15) is 5.11 Å². The molecule has 0 bridgehead atoms. The van der Waals surface area contributed by atoms with E-state index in [0.717, 1.165) is 48.2 Å². The maximum absolute atomic E-state index is 10.3. The van der Waals surface area contributed by atoms with E-state index >= 15 is 0 Å². The van der Waals surface area contributed by atoms with Gasteiger partial charge in [0.25, 0.3) is 0 Å². The number of ether oxygens (including phenoxy) is 1. The molecule has 0 aliphatic carbocycles. The van der Waals surface area contributed by atoms with Gasteiger partial charge in [0.2, 0.25) is 0 Å². The number of rotatable bonds is 6. The molecule has 24 heavy (non-hydrogen) atoms. The summed E-state index contributed by atoms with van der Waals surface area (Å²) in [4.78, 5) is 8.96. The van der Waals surface area contributed by atoms with Crippen molar-refractivity contribution in [2.24, 2.45) is 0 Å². The second-order valence-corrected chi connectivity index (χ2v) is 7.16. The van der Waals surface area contributed by atoms with Gasteiger partial charge in [0.1, 0.15) is 18.5 Å². The van der Waals surface area contributed by atoms with Crippen molar-refractivity contribution in [1.29, 1.82) is 0 Å². The van der Waals surface area contributed by atoms with E-state index in [1.165, 1.54) is 0 Å². The van der Waals surface area contributed by atoms with Crippen molar-refractivity contribution in [1.82, 2.24) is 9.88 Å². The lowest BCUT2D eigenvalue weighted by Gasteiger charge is -2.35. The first-order chi connectivity index (χ1) is 11.6. The molecule has 0 spiro atoms. The number of benzene rings is 1. The van der Waals surface area contributed by atoms with Gasteiger partial charge in [-0.3, -0.25) is 4.90 Å². The third-order valence-electron chi connectivity index (χ3n) is 4.36. The minimum atomic E-state index is -0.476. The third-order valence-corrected chi connectivity index (χ3v) is 5.19. The first-order valence-electron chi connectivity index (χ1n) is 8.37. The number of aliphatic hydroxyl groups excluding tert-OH is 1. The number of aromatic nitrogens is 1. The van der Waals surface area contributed by atoms with E-state index in [1.807, 2.05) is 43.6 Å². The molecule has 1 N–H and O–H groups in total. The minimum absolute atomic E-state index is 0.332. The molecule has 0 amide bonds. The summed E-state index contributed by atoms with van der Waals surface area (Å²) in [7, 11) is 0. The van der Waals surface area contributed by atoms with Crippen LogP contribution in [0.2, 0.25) is 0 Å². The largest absolute Gasteiger partial charge is 0.490 e. The molecule has 130 valence electrons. The van der Waals surface area contributed by atoms with E-state index in [1.54, 1.807) is 11.3 Å². The van der Waals surface area contributed by atoms with Crippen LogP contribution in [0.1, 0.15) is 11.1 Å². The Hall–Kier alpha value is -1.63. The average molecular weight is 347 g/mol. The van der Waals surface area contributed by atoms with Crippen LogP contribution in [0, 0.1) is 13.8 Å². The zero-order valence-electron chi connectivity index (χ0n) is 14.3. The Morgan fingerprint density at radius 3 is 2.54 bits per heavy atom. The van der Waals surface area contributed by atoms with Crippen molar-refractivity contribution in [3.63, 3.8) is 0 Å². The molecular weight excluding hydrogens is 322 g/mol. The molecule has 0 saturated carbocycles. The minimum Gasteiger partial charge on any atom is -0.490 e. The molecule has 5 nitrogen and oxygen atoms in total. The van der Waals surface area contributed by atoms with E-state index < -0.39 is 6.10 Å². The molecular formula is C18H25N3O2S. The van der Waals surface area contributed by atoms with Gasteiger partial charge in [-0.25, -0.2) is 4.98 Å². The number of aryl methyl sites for hydroxylation is 2. The van der Waals surface area contributed by atoms with Gasteiger partial charge in [-0.05, 0) is 25.0 Å². The molecule has 6 heteroatoms. The highest BCUT2D eigenvalue weighted by Crippen LogP contribution is 2.22. The van der Waals surface area contributed by atoms with E-state index in [4.69, 9.17) is 4.74 Å². The lowest BCUT2D eigenvalue weighted by molar-refractivity contribution is 0.0658. The van der Waals surface area contributed by atoms with Crippen molar-refractivity contribution in [3.05, 3.63) is 40.9 Å². The summed E-state index contributed by atoms with van der Waals surface area (Å²) in [5.41, 5.74) is 2.22. The number of thiazole rings is 1. The fraction of sp³-hybridized carbons (Fsp3) is 0.500. The van der Waals surface area contributed by atoms with Gasteiger partial charge in [-0.1, -0.05) is 18.2 Å². The van der Waals surface area contributed by atoms with Crippen molar-refractivity contribution >= 4 is 16.5 Å². The van der Waals surface area contributed by atoms with Gasteiger partial charge in [-0.15, -0.1) is 11.3 Å². The Kier molecular flexibility index (Phi) is 5.71. The number of nitrogens with zero attached hydrogens (tertiary/aromatic N) is 3. The zero-order chi connectivity index (χ0) is 16.9. The average Bonchev–Trinajstić information content (AvgIpc) is 3.09. The fourth-order valence-corrected chi connectivity index (χ4v) is 3.75. The quantitative estimate of drug-likeness (QED) is 0.869. The Morgan fingerprint density at radius 2 is 1.92 bits per heavy atom. The number of piperazine rings is 1. The Morgan fingerprint density at radius 1 is 1.21 bits per heavy atom. The second-order valence-electron chi connectivity index (χ2n) is 6.29. The third kappa shape index (κ3) is 4.26. The van der Waals surface area contributed by atoms with Gasteiger partial charge >= 0.3 is 0 Å². The molecule has 1 saturated heterocycles. The SMILES string of the molecule is Cc1cccc(C)c1OC[C@@H](O)CN1CCN(c2nccs2)CC1. The summed E-state index contributed by atoms with van der Waals surface area (Å²) in [5, 5.41) is 13.4. The molecule has 1 aliphatic heterocycles. The van der Waals surface area contributed by atoms with E-state index in [2.05, 4.69) is 14.8 Å². The van der Waals surface area contributed by atoms with Crippen LogP contribution < -0.4 is 9.64 Å². The van der Waals surface area contributed by atoms with Crippen molar-refractivity contribution in [3.8, 4) is 5.75 Å². The van der Waals surface area contributed by atoms with Crippen LogP contribution in [0.15, 0.2) is 29.8 Å².